The predicted molar refractivity (Wildman–Crippen MR) is 97.1 cm³/mol. The molecule has 0 bridgehead atoms. The molecule has 0 aliphatic heterocycles. The first kappa shape index (κ1) is 15.8. The fourth-order valence-electron chi connectivity index (χ4n) is 2.16. The second-order valence-electron chi connectivity index (χ2n) is 5.11. The summed E-state index contributed by atoms with van der Waals surface area (Å²) in [6.45, 7) is 0.513. The molecule has 3 rings (SSSR count). The molecular formula is C18H19N5O. The van der Waals surface area contributed by atoms with Crippen LogP contribution in [0.25, 0.3) is 0 Å². The molecule has 1 heterocycles. The van der Waals surface area contributed by atoms with Crippen molar-refractivity contribution in [2.75, 3.05) is 29.1 Å². The molecule has 3 aromatic rings. The van der Waals surface area contributed by atoms with Crippen molar-refractivity contribution >= 4 is 28.8 Å². The molecule has 4 N–H and O–H groups in total. The fourth-order valence-corrected chi connectivity index (χ4v) is 2.16. The summed E-state index contributed by atoms with van der Waals surface area (Å²) < 4.78 is 0. The molecule has 122 valence electrons. The first-order valence-corrected chi connectivity index (χ1v) is 7.70. The number of aliphatic hydroxyl groups is 1. The predicted octanol–water partition coefficient (Wildman–Crippen LogP) is 3.37. The molecule has 0 amide bonds. The average Bonchev–Trinajstić information content (AvgIpc) is 2.63. The third kappa shape index (κ3) is 4.44. The van der Waals surface area contributed by atoms with E-state index in [-0.39, 0.29) is 6.61 Å². The Morgan fingerprint density at radius 3 is 2.17 bits per heavy atom. The average molecular weight is 321 g/mol. The van der Waals surface area contributed by atoms with Crippen molar-refractivity contribution in [3.8, 4) is 0 Å². The number of anilines is 5. The highest BCUT2D eigenvalue weighted by Crippen LogP contribution is 2.20. The highest BCUT2D eigenvalue weighted by atomic mass is 16.3. The summed E-state index contributed by atoms with van der Waals surface area (Å²) in [4.78, 5) is 8.53. The van der Waals surface area contributed by atoms with Crippen molar-refractivity contribution in [1.29, 1.82) is 0 Å². The lowest BCUT2D eigenvalue weighted by molar-refractivity contribution is 0.311. The Balaban J connectivity index is 1.64. The topological polar surface area (TPSA) is 82.1 Å². The van der Waals surface area contributed by atoms with Crippen LogP contribution >= 0.6 is 0 Å². The van der Waals surface area contributed by atoms with Gasteiger partial charge in [0.1, 0.15) is 5.82 Å². The van der Waals surface area contributed by atoms with E-state index in [1.165, 1.54) is 0 Å². The van der Waals surface area contributed by atoms with E-state index in [2.05, 4.69) is 25.9 Å². The van der Waals surface area contributed by atoms with Gasteiger partial charge in [0.05, 0.1) is 6.61 Å². The second-order valence-corrected chi connectivity index (χ2v) is 5.11. The Morgan fingerprint density at radius 1 is 0.792 bits per heavy atom. The van der Waals surface area contributed by atoms with Gasteiger partial charge in [-0.2, -0.15) is 4.98 Å². The van der Waals surface area contributed by atoms with Gasteiger partial charge in [-0.1, -0.05) is 18.2 Å². The van der Waals surface area contributed by atoms with Gasteiger partial charge in [0.2, 0.25) is 5.95 Å². The normalized spacial score (nSPS) is 10.2. The van der Waals surface area contributed by atoms with Crippen LogP contribution in [0.1, 0.15) is 0 Å². The molecule has 2 aromatic carbocycles. The number of aliphatic hydroxyl groups excluding tert-OH is 1. The van der Waals surface area contributed by atoms with E-state index in [0.717, 1.165) is 17.1 Å². The van der Waals surface area contributed by atoms with Gasteiger partial charge in [-0.05, 0) is 42.5 Å². The SMILES string of the molecule is OCCNc1ccnc(Nc2ccc(Nc3ccccc3)cc2)n1. The minimum absolute atomic E-state index is 0.0582. The molecule has 0 fully saturated rings. The van der Waals surface area contributed by atoms with E-state index >= 15 is 0 Å². The molecule has 0 unspecified atom stereocenters. The van der Waals surface area contributed by atoms with Crippen molar-refractivity contribution in [1.82, 2.24) is 9.97 Å². The zero-order valence-corrected chi connectivity index (χ0v) is 13.1. The minimum atomic E-state index is 0.0582. The van der Waals surface area contributed by atoms with Crippen LogP contribution in [0.2, 0.25) is 0 Å². The second kappa shape index (κ2) is 7.94. The van der Waals surface area contributed by atoms with Gasteiger partial charge in [0, 0.05) is 29.8 Å². The molecule has 0 saturated heterocycles. The zero-order chi connectivity index (χ0) is 16.6. The van der Waals surface area contributed by atoms with Gasteiger partial charge in [0.15, 0.2) is 0 Å². The van der Waals surface area contributed by atoms with Gasteiger partial charge < -0.3 is 21.1 Å². The molecule has 24 heavy (non-hydrogen) atoms. The maximum Gasteiger partial charge on any atom is 0.229 e. The van der Waals surface area contributed by atoms with Crippen LogP contribution in [0.15, 0.2) is 66.9 Å². The molecule has 0 saturated carbocycles. The number of nitrogens with one attached hydrogen (secondary N) is 3. The van der Waals surface area contributed by atoms with Gasteiger partial charge in [-0.25, -0.2) is 4.98 Å². The van der Waals surface area contributed by atoms with Gasteiger partial charge in [-0.3, -0.25) is 0 Å². The van der Waals surface area contributed by atoms with Crippen LogP contribution in [-0.2, 0) is 0 Å². The standard InChI is InChI=1S/C18H19N5O/c24-13-12-19-17-10-11-20-18(23-17)22-16-8-6-15(7-9-16)21-14-4-2-1-3-5-14/h1-11,21,24H,12-13H2,(H2,19,20,22,23). The Morgan fingerprint density at radius 2 is 1.46 bits per heavy atom. The number of nitrogens with zero attached hydrogens (tertiary/aromatic N) is 2. The Hall–Kier alpha value is -3.12. The van der Waals surface area contributed by atoms with Crippen molar-refractivity contribution in [3.05, 3.63) is 66.9 Å². The van der Waals surface area contributed by atoms with Crippen molar-refractivity contribution in [3.63, 3.8) is 0 Å². The van der Waals surface area contributed by atoms with E-state index in [1.54, 1.807) is 12.3 Å². The van der Waals surface area contributed by atoms with Crippen LogP contribution in [0.3, 0.4) is 0 Å². The van der Waals surface area contributed by atoms with E-state index < -0.39 is 0 Å². The lowest BCUT2D eigenvalue weighted by Crippen LogP contribution is -2.08. The molecule has 1 aromatic heterocycles. The molecule has 0 aliphatic rings. The van der Waals surface area contributed by atoms with Crippen molar-refractivity contribution in [2.45, 2.75) is 0 Å². The summed E-state index contributed by atoms with van der Waals surface area (Å²) in [7, 11) is 0. The summed E-state index contributed by atoms with van der Waals surface area (Å²) in [5.41, 5.74) is 2.95. The lowest BCUT2D eigenvalue weighted by atomic mass is 10.2. The third-order valence-electron chi connectivity index (χ3n) is 3.28. The van der Waals surface area contributed by atoms with Gasteiger partial charge in [0.25, 0.3) is 0 Å². The Labute approximate surface area is 140 Å². The van der Waals surface area contributed by atoms with Crippen LogP contribution in [0.5, 0.6) is 0 Å². The number of hydrogen-bond acceptors (Lipinski definition) is 6. The van der Waals surface area contributed by atoms with Crippen LogP contribution in [0, 0.1) is 0 Å². The van der Waals surface area contributed by atoms with Crippen LogP contribution in [-0.4, -0.2) is 28.2 Å². The Kier molecular flexibility index (Phi) is 5.21. The molecule has 6 nitrogen and oxygen atoms in total. The van der Waals surface area contributed by atoms with Gasteiger partial charge >= 0.3 is 0 Å². The molecule has 0 aliphatic carbocycles. The van der Waals surface area contributed by atoms with E-state index in [0.29, 0.717) is 18.3 Å². The summed E-state index contributed by atoms with van der Waals surface area (Å²) in [5.74, 6) is 1.17. The highest BCUT2D eigenvalue weighted by molar-refractivity contribution is 5.64. The molecule has 0 atom stereocenters. The largest absolute Gasteiger partial charge is 0.395 e. The smallest absolute Gasteiger partial charge is 0.229 e. The molecule has 0 radical (unpaired) electrons. The summed E-state index contributed by atoms with van der Waals surface area (Å²) >= 11 is 0. The minimum Gasteiger partial charge on any atom is -0.395 e. The van der Waals surface area contributed by atoms with Gasteiger partial charge in [-0.15, -0.1) is 0 Å². The first-order chi connectivity index (χ1) is 11.8. The van der Waals surface area contributed by atoms with Crippen LogP contribution in [0.4, 0.5) is 28.8 Å². The maximum atomic E-state index is 8.84. The van der Waals surface area contributed by atoms with Crippen molar-refractivity contribution in [2.24, 2.45) is 0 Å². The number of aromatic nitrogens is 2. The van der Waals surface area contributed by atoms with E-state index in [9.17, 15) is 0 Å². The quantitative estimate of drug-likeness (QED) is 0.534. The number of hydrogen-bond donors (Lipinski definition) is 4. The molecule has 6 heteroatoms. The third-order valence-corrected chi connectivity index (χ3v) is 3.28. The summed E-state index contributed by atoms with van der Waals surface area (Å²) in [5, 5.41) is 18.3. The number of rotatable bonds is 7. The van der Waals surface area contributed by atoms with E-state index in [1.807, 2.05) is 54.6 Å². The number of benzene rings is 2. The fraction of sp³-hybridized carbons (Fsp3) is 0.111. The monoisotopic (exact) mass is 321 g/mol. The zero-order valence-electron chi connectivity index (χ0n) is 13.1. The molecule has 0 spiro atoms. The summed E-state index contributed by atoms with van der Waals surface area (Å²) in [6.07, 6.45) is 1.67. The highest BCUT2D eigenvalue weighted by Gasteiger charge is 2.01. The van der Waals surface area contributed by atoms with E-state index in [4.69, 9.17) is 5.11 Å². The summed E-state index contributed by atoms with van der Waals surface area (Å²) in [6, 6.07) is 19.7. The lowest BCUT2D eigenvalue weighted by Gasteiger charge is -2.09. The molecular weight excluding hydrogens is 302 g/mol. The Bertz CT molecular complexity index is 762. The first-order valence-electron chi connectivity index (χ1n) is 7.70. The van der Waals surface area contributed by atoms with Crippen LogP contribution < -0.4 is 16.0 Å². The maximum absolute atomic E-state index is 8.84. The van der Waals surface area contributed by atoms with Crippen molar-refractivity contribution < 1.29 is 5.11 Å². The number of para-hydroxylation sites is 1.